The minimum atomic E-state index is -0.487. The topological polar surface area (TPSA) is 30.7 Å². The number of hydrogen-bond acceptors (Lipinski definition) is 2. The Labute approximate surface area is 125 Å². The highest BCUT2D eigenvalue weighted by molar-refractivity contribution is 6.30. The van der Waals surface area contributed by atoms with Gasteiger partial charge in [0.1, 0.15) is 17.2 Å². The first kappa shape index (κ1) is 13.3. The molecule has 0 amide bonds. The van der Waals surface area contributed by atoms with Gasteiger partial charge in [-0.05, 0) is 36.8 Å². The number of fused-ring (bicyclic) bond motifs is 1. The van der Waals surface area contributed by atoms with E-state index in [0.717, 1.165) is 11.1 Å². The molecule has 102 valence electrons. The van der Waals surface area contributed by atoms with Gasteiger partial charge >= 0.3 is 0 Å². The summed E-state index contributed by atoms with van der Waals surface area (Å²) in [7, 11) is 0. The average molecular weight is 310 g/mol. The molecule has 0 saturated heterocycles. The number of aryl methyl sites for hydroxylation is 1. The van der Waals surface area contributed by atoms with Gasteiger partial charge in [0, 0.05) is 6.20 Å². The van der Waals surface area contributed by atoms with Crippen LogP contribution in [0.4, 0.5) is 4.39 Å². The van der Waals surface area contributed by atoms with E-state index >= 15 is 0 Å². The first-order valence-electron chi connectivity index (χ1n) is 5.96. The van der Waals surface area contributed by atoms with Gasteiger partial charge in [0.05, 0.1) is 16.6 Å². The number of imidazole rings is 1. The molecule has 0 radical (unpaired) electrons. The van der Waals surface area contributed by atoms with E-state index in [2.05, 4.69) is 9.97 Å². The van der Waals surface area contributed by atoms with Crippen LogP contribution in [-0.4, -0.2) is 14.5 Å². The number of pyridine rings is 1. The van der Waals surface area contributed by atoms with Gasteiger partial charge in [-0.1, -0.05) is 11.6 Å². The molecule has 0 unspecified atom stereocenters. The summed E-state index contributed by atoms with van der Waals surface area (Å²) in [5.74, 6) is 0.337. The molecule has 0 spiro atoms. The minimum absolute atomic E-state index is 0.0785. The summed E-state index contributed by atoms with van der Waals surface area (Å²) in [6.07, 6.45) is 1.69. The predicted octanol–water partition coefficient (Wildman–Crippen LogP) is 4.26. The van der Waals surface area contributed by atoms with Crippen LogP contribution in [0.25, 0.3) is 16.9 Å². The molecule has 0 aliphatic carbocycles. The number of hydrogen-bond donors (Lipinski definition) is 0. The summed E-state index contributed by atoms with van der Waals surface area (Å²) in [4.78, 5) is 8.80. The number of halogens is 3. The maximum atomic E-state index is 13.7. The average Bonchev–Trinajstić information content (AvgIpc) is 2.82. The molecule has 3 nitrogen and oxygen atoms in total. The van der Waals surface area contributed by atoms with Crippen LogP contribution in [0.1, 0.15) is 11.4 Å². The molecular weight excluding hydrogens is 300 g/mol. The summed E-state index contributed by atoms with van der Waals surface area (Å²) in [6, 6.07) is 6.45. The van der Waals surface area contributed by atoms with Crippen molar-refractivity contribution in [2.45, 2.75) is 12.8 Å². The lowest BCUT2D eigenvalue weighted by Crippen LogP contribution is -2.01. The molecule has 2 heterocycles. The lowest BCUT2D eigenvalue weighted by molar-refractivity contribution is 0.627. The summed E-state index contributed by atoms with van der Waals surface area (Å²) in [5, 5.41) is 0.0785. The molecule has 0 fully saturated rings. The van der Waals surface area contributed by atoms with Crippen molar-refractivity contribution in [3.8, 4) is 5.69 Å². The maximum absolute atomic E-state index is 13.7. The number of aromatic nitrogens is 3. The lowest BCUT2D eigenvalue weighted by atomic mass is 10.2. The number of nitrogens with zero attached hydrogens (tertiary/aromatic N) is 3. The largest absolute Gasteiger partial charge is 0.280 e. The molecule has 0 aliphatic heterocycles. The van der Waals surface area contributed by atoms with Crippen molar-refractivity contribution in [1.82, 2.24) is 14.5 Å². The van der Waals surface area contributed by atoms with Gasteiger partial charge in [0.25, 0.3) is 0 Å². The Hall–Kier alpha value is -1.65. The Balaban J connectivity index is 2.34. The smallest absolute Gasteiger partial charge is 0.164 e. The molecule has 1 aromatic carbocycles. The summed E-state index contributed by atoms with van der Waals surface area (Å²) < 4.78 is 15.4. The fourth-order valence-electron chi connectivity index (χ4n) is 2.12. The highest BCUT2D eigenvalue weighted by Gasteiger charge is 2.15. The van der Waals surface area contributed by atoms with Crippen LogP contribution in [0.5, 0.6) is 0 Å². The van der Waals surface area contributed by atoms with E-state index in [1.807, 2.05) is 13.0 Å². The molecule has 0 N–H and O–H groups in total. The van der Waals surface area contributed by atoms with E-state index in [4.69, 9.17) is 23.2 Å². The highest BCUT2D eigenvalue weighted by atomic mass is 35.5. The second kappa shape index (κ2) is 5.04. The van der Waals surface area contributed by atoms with Crippen molar-refractivity contribution < 1.29 is 4.39 Å². The van der Waals surface area contributed by atoms with Crippen molar-refractivity contribution >= 4 is 34.4 Å². The molecule has 6 heteroatoms. The molecule has 0 saturated carbocycles. The highest BCUT2D eigenvalue weighted by Crippen LogP contribution is 2.25. The number of benzene rings is 1. The van der Waals surface area contributed by atoms with E-state index in [1.165, 1.54) is 12.1 Å². The fourth-order valence-corrected chi connectivity index (χ4v) is 2.42. The van der Waals surface area contributed by atoms with Gasteiger partial charge in [0.15, 0.2) is 5.65 Å². The van der Waals surface area contributed by atoms with E-state index in [9.17, 15) is 4.39 Å². The molecule has 3 aromatic rings. The zero-order valence-corrected chi connectivity index (χ0v) is 12.1. The summed E-state index contributed by atoms with van der Waals surface area (Å²) >= 11 is 11.7. The Bertz CT molecular complexity index is 798. The van der Waals surface area contributed by atoms with Crippen LogP contribution < -0.4 is 0 Å². The fraction of sp³-hybridized carbons (Fsp3) is 0.143. The molecule has 0 atom stereocenters. The summed E-state index contributed by atoms with van der Waals surface area (Å²) in [5.41, 5.74) is 3.01. The first-order valence-corrected chi connectivity index (χ1v) is 6.87. The molecule has 0 bridgehead atoms. The zero-order valence-electron chi connectivity index (χ0n) is 10.6. The number of rotatable bonds is 2. The molecular formula is C14H10Cl2FN3. The standard InChI is InChI=1S/C14H10Cl2FN3/c1-8-4-5-18-14-13(8)19-12(7-15)20(14)9-2-3-10(16)11(17)6-9/h2-6H,7H2,1H3. The van der Waals surface area contributed by atoms with Crippen LogP contribution in [0.3, 0.4) is 0 Å². The SMILES string of the molecule is Cc1ccnc2c1nc(CCl)n2-c1ccc(Cl)c(F)c1. The second-order valence-electron chi connectivity index (χ2n) is 4.40. The third kappa shape index (κ3) is 2.05. The van der Waals surface area contributed by atoms with Gasteiger partial charge in [-0.3, -0.25) is 4.57 Å². The Morgan fingerprint density at radius 1 is 1.30 bits per heavy atom. The third-order valence-electron chi connectivity index (χ3n) is 3.10. The maximum Gasteiger partial charge on any atom is 0.164 e. The number of alkyl halides is 1. The van der Waals surface area contributed by atoms with E-state index in [0.29, 0.717) is 17.2 Å². The van der Waals surface area contributed by atoms with Gasteiger partial charge in [0.2, 0.25) is 0 Å². The third-order valence-corrected chi connectivity index (χ3v) is 3.64. The van der Waals surface area contributed by atoms with Crippen molar-refractivity contribution in [3.05, 3.63) is 52.7 Å². The van der Waals surface area contributed by atoms with Gasteiger partial charge < -0.3 is 0 Å². The molecule has 2 aromatic heterocycles. The van der Waals surface area contributed by atoms with E-state index in [-0.39, 0.29) is 10.9 Å². The van der Waals surface area contributed by atoms with Crippen LogP contribution in [-0.2, 0) is 5.88 Å². The van der Waals surface area contributed by atoms with Crippen molar-refractivity contribution in [3.63, 3.8) is 0 Å². The first-order chi connectivity index (χ1) is 9.61. The van der Waals surface area contributed by atoms with Gasteiger partial charge in [-0.25, -0.2) is 14.4 Å². The monoisotopic (exact) mass is 309 g/mol. The van der Waals surface area contributed by atoms with Crippen molar-refractivity contribution in [2.24, 2.45) is 0 Å². The van der Waals surface area contributed by atoms with Crippen molar-refractivity contribution in [1.29, 1.82) is 0 Å². The summed E-state index contributed by atoms with van der Waals surface area (Å²) in [6.45, 7) is 1.95. The van der Waals surface area contributed by atoms with Crippen LogP contribution >= 0.6 is 23.2 Å². The minimum Gasteiger partial charge on any atom is -0.280 e. The molecule has 20 heavy (non-hydrogen) atoms. The Morgan fingerprint density at radius 3 is 2.80 bits per heavy atom. The predicted molar refractivity (Wildman–Crippen MR) is 78.1 cm³/mol. The Morgan fingerprint density at radius 2 is 2.10 bits per heavy atom. The molecule has 0 aliphatic rings. The quantitative estimate of drug-likeness (QED) is 0.662. The van der Waals surface area contributed by atoms with Gasteiger partial charge in [-0.15, -0.1) is 11.6 Å². The Kier molecular flexibility index (Phi) is 3.36. The van der Waals surface area contributed by atoms with Crippen LogP contribution in [0.2, 0.25) is 5.02 Å². The molecule has 3 rings (SSSR count). The van der Waals surface area contributed by atoms with Crippen LogP contribution in [0, 0.1) is 12.7 Å². The van der Waals surface area contributed by atoms with E-state index < -0.39 is 5.82 Å². The van der Waals surface area contributed by atoms with E-state index in [1.54, 1.807) is 16.8 Å². The van der Waals surface area contributed by atoms with Gasteiger partial charge in [-0.2, -0.15) is 0 Å². The lowest BCUT2D eigenvalue weighted by Gasteiger charge is -2.07. The van der Waals surface area contributed by atoms with Crippen molar-refractivity contribution in [2.75, 3.05) is 0 Å². The zero-order chi connectivity index (χ0) is 14.3. The second-order valence-corrected chi connectivity index (χ2v) is 5.07. The van der Waals surface area contributed by atoms with Crippen LogP contribution in [0.15, 0.2) is 30.5 Å². The normalized spacial score (nSPS) is 11.2.